The summed E-state index contributed by atoms with van der Waals surface area (Å²) in [5.74, 6) is 0.542. The highest BCUT2D eigenvalue weighted by molar-refractivity contribution is 5.75. The van der Waals surface area contributed by atoms with Crippen molar-refractivity contribution in [2.24, 2.45) is 0 Å². The molecule has 0 N–H and O–H groups in total. The quantitative estimate of drug-likeness (QED) is 0.311. The van der Waals surface area contributed by atoms with E-state index in [0.717, 1.165) is 50.3 Å². The van der Waals surface area contributed by atoms with Crippen molar-refractivity contribution in [1.82, 2.24) is 23.8 Å². The summed E-state index contributed by atoms with van der Waals surface area (Å²) >= 11 is 0. The van der Waals surface area contributed by atoms with E-state index in [1.165, 1.54) is 11.1 Å². The Morgan fingerprint density at radius 3 is 2.13 bits per heavy atom. The van der Waals surface area contributed by atoms with Gasteiger partial charge in [-0.3, -0.25) is 14.1 Å². The van der Waals surface area contributed by atoms with Gasteiger partial charge in [0.1, 0.15) is 5.52 Å². The van der Waals surface area contributed by atoms with E-state index in [1.54, 1.807) is 7.11 Å². The molecular formula is C31H33N5O2. The minimum absolute atomic E-state index is 0.0212. The Labute approximate surface area is 222 Å². The summed E-state index contributed by atoms with van der Waals surface area (Å²) < 4.78 is 9.06. The highest BCUT2D eigenvalue weighted by atomic mass is 16.5. The molecule has 0 radical (unpaired) electrons. The Balaban J connectivity index is 1.14. The van der Waals surface area contributed by atoms with Crippen molar-refractivity contribution in [3.05, 3.63) is 113 Å². The van der Waals surface area contributed by atoms with E-state index >= 15 is 0 Å². The number of aryl methyl sites for hydroxylation is 1. The lowest BCUT2D eigenvalue weighted by atomic mass is 9.96. The van der Waals surface area contributed by atoms with Crippen molar-refractivity contribution >= 4 is 16.7 Å². The Hall–Kier alpha value is -3.94. The average Bonchev–Trinajstić information content (AvgIpc) is 3.47. The van der Waals surface area contributed by atoms with Crippen molar-refractivity contribution < 1.29 is 4.74 Å². The molecule has 1 aliphatic rings. The number of piperazine rings is 1. The van der Waals surface area contributed by atoms with Crippen LogP contribution >= 0.6 is 0 Å². The molecule has 2 aromatic carbocycles. The zero-order valence-electron chi connectivity index (χ0n) is 21.7. The predicted octanol–water partition coefficient (Wildman–Crippen LogP) is 4.46. The van der Waals surface area contributed by atoms with Crippen LogP contribution in [0.15, 0.2) is 95.9 Å². The molecule has 0 bridgehead atoms. The van der Waals surface area contributed by atoms with Gasteiger partial charge in [-0.15, -0.1) is 0 Å². The van der Waals surface area contributed by atoms with Crippen LogP contribution in [0, 0.1) is 0 Å². The first-order valence-electron chi connectivity index (χ1n) is 13.3. The van der Waals surface area contributed by atoms with E-state index in [0.29, 0.717) is 17.9 Å². The van der Waals surface area contributed by atoms with E-state index in [9.17, 15) is 4.79 Å². The molecule has 3 aromatic heterocycles. The first kappa shape index (κ1) is 24.4. The van der Waals surface area contributed by atoms with Crippen LogP contribution in [0.2, 0.25) is 0 Å². The van der Waals surface area contributed by atoms with Gasteiger partial charge in [-0.25, -0.2) is 0 Å². The number of pyridine rings is 1. The predicted molar refractivity (Wildman–Crippen MR) is 151 cm³/mol. The van der Waals surface area contributed by atoms with Gasteiger partial charge >= 0.3 is 0 Å². The summed E-state index contributed by atoms with van der Waals surface area (Å²) in [7, 11) is 1.61. The normalized spacial score (nSPS) is 15.0. The molecule has 1 fully saturated rings. The fourth-order valence-electron chi connectivity index (χ4n) is 5.72. The van der Waals surface area contributed by atoms with Gasteiger partial charge in [0.15, 0.2) is 5.65 Å². The second kappa shape index (κ2) is 10.8. The minimum atomic E-state index is 0.0212. The SMILES string of the molecule is COc1ccc2c(n1)n1cccc1c(=O)n2CCCN1CCN(C(c2ccccc2)c2ccccc2)CC1. The molecule has 1 saturated heterocycles. The monoisotopic (exact) mass is 507 g/mol. The molecule has 0 amide bonds. The summed E-state index contributed by atoms with van der Waals surface area (Å²) in [5.41, 5.74) is 4.91. The molecule has 4 heterocycles. The molecular weight excluding hydrogens is 474 g/mol. The summed E-state index contributed by atoms with van der Waals surface area (Å²) in [6, 6.07) is 29.4. The van der Waals surface area contributed by atoms with Gasteiger partial charge in [0.2, 0.25) is 5.88 Å². The molecule has 5 aromatic rings. The van der Waals surface area contributed by atoms with E-state index < -0.39 is 0 Å². The third kappa shape index (κ3) is 4.71. The zero-order chi connectivity index (χ0) is 25.9. The summed E-state index contributed by atoms with van der Waals surface area (Å²) in [6.45, 7) is 5.67. The minimum Gasteiger partial charge on any atom is -0.481 e. The topological polar surface area (TPSA) is 55.0 Å². The van der Waals surface area contributed by atoms with Crippen molar-refractivity contribution in [1.29, 1.82) is 0 Å². The number of rotatable bonds is 8. The molecule has 7 heteroatoms. The lowest BCUT2D eigenvalue weighted by Crippen LogP contribution is -2.48. The van der Waals surface area contributed by atoms with Crippen molar-refractivity contribution in [3.63, 3.8) is 0 Å². The van der Waals surface area contributed by atoms with Gasteiger partial charge in [0.25, 0.3) is 5.56 Å². The number of hydrogen-bond donors (Lipinski definition) is 0. The smallest absolute Gasteiger partial charge is 0.275 e. The molecule has 7 nitrogen and oxygen atoms in total. The number of aromatic nitrogens is 3. The van der Waals surface area contributed by atoms with E-state index in [1.807, 2.05) is 39.4 Å². The largest absolute Gasteiger partial charge is 0.481 e. The molecule has 0 atom stereocenters. The summed E-state index contributed by atoms with van der Waals surface area (Å²) in [6.07, 6.45) is 2.78. The van der Waals surface area contributed by atoms with Crippen molar-refractivity contribution in [2.75, 3.05) is 39.8 Å². The maximum atomic E-state index is 13.3. The highest BCUT2D eigenvalue weighted by Crippen LogP contribution is 2.29. The van der Waals surface area contributed by atoms with Gasteiger partial charge in [0, 0.05) is 45.0 Å². The number of fused-ring (bicyclic) bond motifs is 3. The van der Waals surface area contributed by atoms with Crippen LogP contribution in [0.3, 0.4) is 0 Å². The van der Waals surface area contributed by atoms with E-state index in [4.69, 9.17) is 4.74 Å². The first-order valence-corrected chi connectivity index (χ1v) is 13.3. The number of benzene rings is 2. The van der Waals surface area contributed by atoms with Crippen LogP contribution in [-0.4, -0.2) is 63.6 Å². The van der Waals surface area contributed by atoms with Crippen LogP contribution in [0.1, 0.15) is 23.6 Å². The number of hydrogen-bond acceptors (Lipinski definition) is 5. The average molecular weight is 508 g/mol. The molecule has 0 aliphatic carbocycles. The zero-order valence-corrected chi connectivity index (χ0v) is 21.7. The molecule has 38 heavy (non-hydrogen) atoms. The van der Waals surface area contributed by atoms with Gasteiger partial charge in [-0.1, -0.05) is 60.7 Å². The maximum Gasteiger partial charge on any atom is 0.275 e. The summed E-state index contributed by atoms with van der Waals surface area (Å²) in [5, 5.41) is 0. The third-order valence-electron chi connectivity index (χ3n) is 7.63. The molecule has 194 valence electrons. The van der Waals surface area contributed by atoms with Crippen LogP contribution in [0.25, 0.3) is 16.7 Å². The second-order valence-corrected chi connectivity index (χ2v) is 9.87. The molecule has 0 spiro atoms. The number of methoxy groups -OCH3 is 1. The molecule has 1 aliphatic heterocycles. The van der Waals surface area contributed by atoms with Crippen LogP contribution in [-0.2, 0) is 6.54 Å². The number of ether oxygens (including phenoxy) is 1. The van der Waals surface area contributed by atoms with Gasteiger partial charge in [-0.05, 0) is 42.3 Å². The highest BCUT2D eigenvalue weighted by Gasteiger charge is 2.26. The standard InChI is InChI=1S/C31H33N5O2/c1-38-28-16-15-26-30(32-28)35-18-8-14-27(35)31(37)36(26)19-9-17-33-20-22-34(23-21-33)29(24-10-4-2-5-11-24)25-12-6-3-7-13-25/h2-8,10-16,18,29H,9,17,19-23H2,1H3. The van der Waals surface area contributed by atoms with Crippen LogP contribution in [0.5, 0.6) is 5.88 Å². The fraction of sp³-hybridized carbons (Fsp3) is 0.290. The van der Waals surface area contributed by atoms with Crippen LogP contribution < -0.4 is 10.3 Å². The Bertz CT molecular complexity index is 1530. The van der Waals surface area contributed by atoms with E-state index in [-0.39, 0.29) is 11.6 Å². The van der Waals surface area contributed by atoms with Crippen LogP contribution in [0.4, 0.5) is 0 Å². The molecule has 6 rings (SSSR count). The third-order valence-corrected chi connectivity index (χ3v) is 7.63. The van der Waals surface area contributed by atoms with Crippen molar-refractivity contribution in [2.45, 2.75) is 19.0 Å². The number of nitrogens with zero attached hydrogens (tertiary/aromatic N) is 5. The van der Waals surface area contributed by atoms with Gasteiger partial charge in [0.05, 0.1) is 18.7 Å². The molecule has 0 saturated carbocycles. The van der Waals surface area contributed by atoms with E-state index in [2.05, 4.69) is 75.4 Å². The van der Waals surface area contributed by atoms with Gasteiger partial charge in [-0.2, -0.15) is 4.98 Å². The first-order chi connectivity index (χ1) is 18.7. The molecule has 0 unspecified atom stereocenters. The maximum absolute atomic E-state index is 13.3. The Morgan fingerprint density at radius 2 is 1.47 bits per heavy atom. The summed E-state index contributed by atoms with van der Waals surface area (Å²) in [4.78, 5) is 23.0. The Morgan fingerprint density at radius 1 is 0.789 bits per heavy atom. The lowest BCUT2D eigenvalue weighted by Gasteiger charge is -2.40. The van der Waals surface area contributed by atoms with Crippen molar-refractivity contribution in [3.8, 4) is 5.88 Å². The second-order valence-electron chi connectivity index (χ2n) is 9.87. The Kier molecular flexibility index (Phi) is 6.94. The fourth-order valence-corrected chi connectivity index (χ4v) is 5.72. The van der Waals surface area contributed by atoms with Gasteiger partial charge < -0.3 is 14.2 Å². The lowest BCUT2D eigenvalue weighted by molar-refractivity contribution is 0.108.